The highest BCUT2D eigenvalue weighted by Gasteiger charge is 2.30. The first-order chi connectivity index (χ1) is 12.8. The second-order valence-electron chi connectivity index (χ2n) is 6.78. The van der Waals surface area contributed by atoms with Gasteiger partial charge in [-0.3, -0.25) is 4.79 Å². The predicted molar refractivity (Wildman–Crippen MR) is 115 cm³/mol. The molecule has 0 aliphatic heterocycles. The molecule has 1 atom stereocenters. The SMILES string of the molecule is CCNC(=NCC(=O)NC1CC1)NCCC(C)c1cccc(C(F)(F)F)c1.I. The normalized spacial score (nSPS) is 15.4. The van der Waals surface area contributed by atoms with Crippen LogP contribution in [0, 0.1) is 0 Å². The van der Waals surface area contributed by atoms with Crippen molar-refractivity contribution in [1.82, 2.24) is 16.0 Å². The lowest BCUT2D eigenvalue weighted by Gasteiger charge is -2.16. The molecule has 5 nitrogen and oxygen atoms in total. The van der Waals surface area contributed by atoms with Gasteiger partial charge in [0.1, 0.15) is 6.54 Å². The first kappa shape index (κ1) is 24.5. The Balaban J connectivity index is 0.00000392. The van der Waals surface area contributed by atoms with Crippen molar-refractivity contribution in [3.8, 4) is 0 Å². The van der Waals surface area contributed by atoms with Gasteiger partial charge in [-0.15, -0.1) is 24.0 Å². The van der Waals surface area contributed by atoms with Crippen molar-refractivity contribution in [3.63, 3.8) is 0 Å². The topological polar surface area (TPSA) is 65.5 Å². The molecule has 0 saturated heterocycles. The molecule has 0 bridgehead atoms. The van der Waals surface area contributed by atoms with E-state index in [-0.39, 0.29) is 42.3 Å². The van der Waals surface area contributed by atoms with Crippen LogP contribution in [-0.2, 0) is 11.0 Å². The molecule has 1 aromatic carbocycles. The molecule has 1 amide bonds. The smallest absolute Gasteiger partial charge is 0.357 e. The molecule has 0 radical (unpaired) electrons. The standard InChI is InChI=1S/C19H27F3N4O.HI/c1-3-23-18(25-12-17(27)26-16-7-8-16)24-10-9-13(2)14-5-4-6-15(11-14)19(20,21)22;/h4-6,11,13,16H,3,7-10,12H2,1-2H3,(H,26,27)(H2,23,24,25);1H. The van der Waals surface area contributed by atoms with Crippen molar-refractivity contribution >= 4 is 35.8 Å². The van der Waals surface area contributed by atoms with Crippen LogP contribution in [0.25, 0.3) is 0 Å². The van der Waals surface area contributed by atoms with E-state index in [0.717, 1.165) is 18.9 Å². The summed E-state index contributed by atoms with van der Waals surface area (Å²) in [6.07, 6.45) is -1.64. The van der Waals surface area contributed by atoms with Crippen molar-refractivity contribution < 1.29 is 18.0 Å². The first-order valence-corrected chi connectivity index (χ1v) is 9.28. The number of amides is 1. The predicted octanol–water partition coefficient (Wildman–Crippen LogP) is 3.65. The second kappa shape index (κ2) is 11.5. The lowest BCUT2D eigenvalue weighted by molar-refractivity contribution is -0.137. The number of carbonyl (C=O) groups is 1. The number of hydrogen-bond donors (Lipinski definition) is 3. The molecule has 1 aliphatic carbocycles. The number of hydrogen-bond acceptors (Lipinski definition) is 2. The number of benzene rings is 1. The molecule has 1 fully saturated rings. The van der Waals surface area contributed by atoms with E-state index < -0.39 is 11.7 Å². The minimum absolute atomic E-state index is 0. The van der Waals surface area contributed by atoms with Crippen molar-refractivity contribution in [1.29, 1.82) is 0 Å². The fourth-order valence-corrected chi connectivity index (χ4v) is 2.59. The van der Waals surface area contributed by atoms with Crippen LogP contribution in [0.5, 0.6) is 0 Å². The van der Waals surface area contributed by atoms with E-state index in [1.165, 1.54) is 12.1 Å². The van der Waals surface area contributed by atoms with Crippen molar-refractivity contribution in [2.24, 2.45) is 4.99 Å². The molecule has 28 heavy (non-hydrogen) atoms. The van der Waals surface area contributed by atoms with E-state index in [1.54, 1.807) is 6.07 Å². The van der Waals surface area contributed by atoms with Gasteiger partial charge in [0.15, 0.2) is 5.96 Å². The number of rotatable bonds is 8. The maximum atomic E-state index is 12.8. The third-order valence-electron chi connectivity index (χ3n) is 4.32. The lowest BCUT2D eigenvalue weighted by Crippen LogP contribution is -2.39. The number of alkyl halides is 3. The Kier molecular flexibility index (Phi) is 10.0. The summed E-state index contributed by atoms with van der Waals surface area (Å²) >= 11 is 0. The van der Waals surface area contributed by atoms with Crippen molar-refractivity contribution in [2.45, 2.75) is 51.2 Å². The van der Waals surface area contributed by atoms with Crippen LogP contribution in [0.15, 0.2) is 29.3 Å². The fraction of sp³-hybridized carbons (Fsp3) is 0.579. The largest absolute Gasteiger partial charge is 0.416 e. The van der Waals surface area contributed by atoms with E-state index in [2.05, 4.69) is 20.9 Å². The molecule has 0 aromatic heterocycles. The van der Waals surface area contributed by atoms with Gasteiger partial charge in [0, 0.05) is 19.1 Å². The zero-order chi connectivity index (χ0) is 19.9. The van der Waals surface area contributed by atoms with Gasteiger partial charge in [-0.1, -0.05) is 25.1 Å². The molecule has 0 spiro atoms. The highest BCUT2D eigenvalue weighted by Crippen LogP contribution is 2.31. The van der Waals surface area contributed by atoms with E-state index in [4.69, 9.17) is 0 Å². The molecule has 2 rings (SSSR count). The third kappa shape index (κ3) is 8.66. The Morgan fingerprint density at radius 1 is 1.29 bits per heavy atom. The Hall–Kier alpha value is -1.52. The number of nitrogens with one attached hydrogen (secondary N) is 3. The summed E-state index contributed by atoms with van der Waals surface area (Å²) in [7, 11) is 0. The summed E-state index contributed by atoms with van der Waals surface area (Å²) in [5.74, 6) is 0.382. The summed E-state index contributed by atoms with van der Waals surface area (Å²) in [5.41, 5.74) is 0.0220. The molecule has 158 valence electrons. The average Bonchev–Trinajstić information content (AvgIpc) is 3.43. The van der Waals surface area contributed by atoms with Crippen molar-refractivity contribution in [2.75, 3.05) is 19.6 Å². The quantitative estimate of drug-likeness (QED) is 0.283. The van der Waals surface area contributed by atoms with Gasteiger partial charge >= 0.3 is 6.18 Å². The summed E-state index contributed by atoms with van der Waals surface area (Å²) in [4.78, 5) is 16.0. The molecule has 0 heterocycles. The molecular formula is C19H28F3IN4O. The number of guanidine groups is 1. The Morgan fingerprint density at radius 2 is 2.00 bits per heavy atom. The van der Waals surface area contributed by atoms with Gasteiger partial charge < -0.3 is 16.0 Å². The van der Waals surface area contributed by atoms with Gasteiger partial charge in [0.25, 0.3) is 0 Å². The number of aliphatic imine (C=N–C) groups is 1. The van der Waals surface area contributed by atoms with Crippen LogP contribution in [0.3, 0.4) is 0 Å². The number of nitrogens with zero attached hydrogens (tertiary/aromatic N) is 1. The van der Waals surface area contributed by atoms with Crippen LogP contribution in [-0.4, -0.2) is 37.5 Å². The summed E-state index contributed by atoms with van der Waals surface area (Å²) < 4.78 is 38.5. The monoisotopic (exact) mass is 512 g/mol. The Morgan fingerprint density at radius 3 is 2.61 bits per heavy atom. The molecule has 9 heteroatoms. The third-order valence-corrected chi connectivity index (χ3v) is 4.32. The molecule has 1 aromatic rings. The molecular weight excluding hydrogens is 484 g/mol. The first-order valence-electron chi connectivity index (χ1n) is 9.28. The van der Waals surface area contributed by atoms with Gasteiger partial charge in [-0.05, 0) is 43.7 Å². The lowest BCUT2D eigenvalue weighted by atomic mass is 9.96. The van der Waals surface area contributed by atoms with Crippen LogP contribution in [0.1, 0.15) is 50.2 Å². The van der Waals surface area contributed by atoms with Gasteiger partial charge in [-0.25, -0.2) is 4.99 Å². The van der Waals surface area contributed by atoms with Crippen LogP contribution < -0.4 is 16.0 Å². The highest BCUT2D eigenvalue weighted by molar-refractivity contribution is 14.0. The molecule has 1 unspecified atom stereocenters. The van der Waals surface area contributed by atoms with E-state index >= 15 is 0 Å². The van der Waals surface area contributed by atoms with Crippen LogP contribution >= 0.6 is 24.0 Å². The summed E-state index contributed by atoms with van der Waals surface area (Å²) in [6, 6.07) is 5.73. The summed E-state index contributed by atoms with van der Waals surface area (Å²) in [6.45, 7) is 5.05. The number of halogens is 4. The van der Waals surface area contributed by atoms with Crippen LogP contribution in [0.4, 0.5) is 13.2 Å². The molecule has 1 aliphatic rings. The van der Waals surface area contributed by atoms with Gasteiger partial charge in [-0.2, -0.15) is 13.2 Å². The maximum Gasteiger partial charge on any atom is 0.416 e. The van der Waals surface area contributed by atoms with Crippen molar-refractivity contribution in [3.05, 3.63) is 35.4 Å². The second-order valence-corrected chi connectivity index (χ2v) is 6.78. The highest BCUT2D eigenvalue weighted by atomic mass is 127. The molecule has 3 N–H and O–H groups in total. The minimum Gasteiger partial charge on any atom is -0.357 e. The minimum atomic E-state index is -4.33. The van der Waals surface area contributed by atoms with Gasteiger partial charge in [0.05, 0.1) is 5.56 Å². The zero-order valence-electron chi connectivity index (χ0n) is 16.1. The fourth-order valence-electron chi connectivity index (χ4n) is 2.59. The zero-order valence-corrected chi connectivity index (χ0v) is 18.4. The maximum absolute atomic E-state index is 12.8. The van der Waals surface area contributed by atoms with Gasteiger partial charge in [0.2, 0.25) is 5.91 Å². The Bertz CT molecular complexity index is 663. The van der Waals surface area contributed by atoms with E-state index in [9.17, 15) is 18.0 Å². The van der Waals surface area contributed by atoms with E-state index in [0.29, 0.717) is 37.1 Å². The van der Waals surface area contributed by atoms with E-state index in [1.807, 2.05) is 13.8 Å². The summed E-state index contributed by atoms with van der Waals surface area (Å²) in [5, 5.41) is 9.06. The molecule has 1 saturated carbocycles. The van der Waals surface area contributed by atoms with Crippen LogP contribution in [0.2, 0.25) is 0 Å². The average molecular weight is 512 g/mol. The number of carbonyl (C=O) groups excluding carboxylic acids is 1. The Labute approximate surface area is 181 Å².